The molecule has 0 spiro atoms. The summed E-state index contributed by atoms with van der Waals surface area (Å²) in [6.07, 6.45) is 3.81. The number of carbonyl (C=O) groups is 14. The van der Waals surface area contributed by atoms with Crippen LogP contribution in [0.4, 0.5) is 30.7 Å². The van der Waals surface area contributed by atoms with Gasteiger partial charge in [0, 0.05) is 83.2 Å². The van der Waals surface area contributed by atoms with E-state index in [1.54, 1.807) is 129 Å². The number of Topliss-reactive ketones (excluding diaryl/α,β-unsaturated/α-hetero) is 1. The highest BCUT2D eigenvalue weighted by molar-refractivity contribution is 6.51. The zero-order valence-corrected chi connectivity index (χ0v) is 66.1. The molecule has 4 fully saturated rings. The molecule has 124 heavy (non-hydrogen) atoms. The van der Waals surface area contributed by atoms with Gasteiger partial charge in [-0.25, -0.2) is 29.0 Å². The van der Waals surface area contributed by atoms with E-state index < -0.39 is 87.4 Å². The maximum atomic E-state index is 13.0. The number of ketones is 1. The summed E-state index contributed by atoms with van der Waals surface area (Å²) < 4.78 is 25.7. The minimum Gasteiger partial charge on any atom is -0.497 e. The van der Waals surface area contributed by atoms with Crippen LogP contribution in [-0.4, -0.2) is 201 Å². The number of pyridine rings is 2. The number of carbonyl (C=O) groups excluding carboxylic acids is 14. The van der Waals surface area contributed by atoms with Gasteiger partial charge in [-0.1, -0.05) is 71.6 Å². The Bertz CT molecular complexity index is 6540. The number of aryl methyl sites for hydroxylation is 1. The summed E-state index contributed by atoms with van der Waals surface area (Å²) in [7, 11) is 6.07. The van der Waals surface area contributed by atoms with Crippen LogP contribution in [0.25, 0.3) is 11.1 Å². The van der Waals surface area contributed by atoms with Crippen molar-refractivity contribution in [2.75, 3.05) is 72.2 Å². The van der Waals surface area contributed by atoms with Gasteiger partial charge < -0.3 is 75.3 Å². The topological polar surface area (TPSA) is 495 Å². The fraction of sp³-hybridized carbons (Fsp3) is 0.207. The molecule has 1 unspecified atom stereocenters. The first-order chi connectivity index (χ1) is 59.5. The highest BCUT2D eigenvalue weighted by Gasteiger charge is 2.53. The number of nitrogen functional groups attached to an aromatic ring is 1. The number of ether oxygens (including phenoxy) is 4. The molecule has 3 aromatic heterocycles. The molecule has 0 radical (unpaired) electrons. The Morgan fingerprint density at radius 1 is 0.435 bits per heavy atom. The zero-order chi connectivity index (χ0) is 87.7. The van der Waals surface area contributed by atoms with Crippen molar-refractivity contribution in [1.29, 1.82) is 0 Å². The number of nitrogens with two attached hydrogens (primary N) is 1. The van der Waals surface area contributed by atoms with Gasteiger partial charge in [-0.3, -0.25) is 79.2 Å². The molecule has 37 heteroatoms. The zero-order valence-electron chi connectivity index (χ0n) is 66.1. The van der Waals surface area contributed by atoms with Crippen molar-refractivity contribution in [2.45, 2.75) is 55.1 Å². The average Bonchev–Trinajstić information content (AvgIpc) is 1.59. The van der Waals surface area contributed by atoms with Crippen molar-refractivity contribution in [2.24, 2.45) is 0 Å². The Morgan fingerprint density at radius 3 is 1.27 bits per heavy atom. The van der Waals surface area contributed by atoms with E-state index in [1.165, 1.54) is 60.2 Å². The van der Waals surface area contributed by atoms with Gasteiger partial charge >= 0.3 is 29.9 Å². The highest BCUT2D eigenvalue weighted by Crippen LogP contribution is 2.34. The quantitative estimate of drug-likeness (QED) is 0.0475. The molecule has 622 valence electrons. The average molecular weight is 1670 g/mol. The van der Waals surface area contributed by atoms with Crippen molar-refractivity contribution < 1.29 is 90.5 Å². The number of H-pyrrole nitrogens is 1. The molecule has 0 bridgehead atoms. The Labute approximate surface area is 702 Å². The lowest BCUT2D eigenvalue weighted by Crippen LogP contribution is -2.56. The molecule has 17 amide bonds. The van der Waals surface area contributed by atoms with E-state index >= 15 is 0 Å². The number of urea groups is 4. The molecule has 9 aliphatic rings. The van der Waals surface area contributed by atoms with Gasteiger partial charge in [-0.05, 0) is 145 Å². The number of imide groups is 4. The van der Waals surface area contributed by atoms with Crippen LogP contribution in [-0.2, 0) is 50.0 Å². The number of amides is 17. The van der Waals surface area contributed by atoms with Crippen LogP contribution >= 0.6 is 0 Å². The third-order valence-corrected chi connectivity index (χ3v) is 21.1. The van der Waals surface area contributed by atoms with Crippen molar-refractivity contribution in [3.05, 3.63) is 234 Å². The molecule has 4 saturated heterocycles. The largest absolute Gasteiger partial charge is 0.497 e. The number of benzene rings is 6. The predicted octanol–water partition coefficient (Wildman–Crippen LogP) is 2.42. The van der Waals surface area contributed by atoms with Gasteiger partial charge in [0.1, 0.15) is 28.8 Å². The monoisotopic (exact) mass is 1670 g/mol. The normalized spacial score (nSPS) is 20.0. The van der Waals surface area contributed by atoms with Crippen molar-refractivity contribution in [3.63, 3.8) is 0 Å². The SMILES string of the molecule is COc1ccc2c(c1)C(=O)N(CC1(C#Cc3cccnc3)NC(=O)NC1=O)CC2.COc1ccc2c(c1)C(=O)N(C[C@@]1(C#Cc3ccc(C)nc3N)NC(=O)NC1=O)C2.COc1ccc2c(c1)C(=O)N(C[C@@]1(C#Cc3ccc4c(c3)C(=O)C(=O)N4)NC(=O)NC1=O)C2.COc1ccc2c(c1)C(=O)N(C[C@@]1(C#Cc3ccc4oc(=O)[nH]c4c3)NC(=O)NC1=O)C2. The second-order valence-corrected chi connectivity index (χ2v) is 29.2. The molecule has 0 aliphatic carbocycles. The third kappa shape index (κ3) is 16.4. The van der Waals surface area contributed by atoms with Gasteiger partial charge in [0.2, 0.25) is 22.2 Å². The summed E-state index contributed by atoms with van der Waals surface area (Å²) in [4.78, 5) is 201. The molecular formula is C87H69N17O20. The van der Waals surface area contributed by atoms with Crippen molar-refractivity contribution in [1.82, 2.24) is 77.1 Å². The summed E-state index contributed by atoms with van der Waals surface area (Å²) >= 11 is 0. The molecular weight excluding hydrogens is 1600 g/mol. The van der Waals surface area contributed by atoms with Crippen LogP contribution in [0.2, 0.25) is 0 Å². The number of nitrogens with zero attached hydrogens (tertiary/aromatic N) is 6. The van der Waals surface area contributed by atoms with Crippen LogP contribution in [0.3, 0.4) is 0 Å². The second kappa shape index (κ2) is 33.0. The number of rotatable bonds is 12. The molecule has 4 atom stereocenters. The summed E-state index contributed by atoms with van der Waals surface area (Å²) in [5, 5.41) is 21.5. The van der Waals surface area contributed by atoms with Gasteiger partial charge in [0.05, 0.1) is 76.9 Å². The molecule has 12 N–H and O–H groups in total. The maximum Gasteiger partial charge on any atom is 0.417 e. The van der Waals surface area contributed by atoms with Crippen LogP contribution in [0, 0.1) is 54.3 Å². The minimum atomic E-state index is -1.68. The summed E-state index contributed by atoms with van der Waals surface area (Å²) in [6, 6.07) is 34.4. The number of hydrogen-bond acceptors (Lipinski definition) is 23. The van der Waals surface area contributed by atoms with Gasteiger partial charge in [-0.2, -0.15) is 0 Å². The van der Waals surface area contributed by atoms with E-state index in [-0.39, 0.29) is 74.3 Å². The molecule has 18 rings (SSSR count). The van der Waals surface area contributed by atoms with E-state index in [2.05, 4.69) is 110 Å². The fourth-order valence-corrected chi connectivity index (χ4v) is 14.7. The number of fused-ring (bicyclic) bond motifs is 6. The van der Waals surface area contributed by atoms with Crippen LogP contribution < -0.4 is 78.3 Å². The minimum absolute atomic E-state index is 0.0622. The number of anilines is 2. The smallest absolute Gasteiger partial charge is 0.417 e. The fourth-order valence-electron chi connectivity index (χ4n) is 14.7. The Kier molecular flexibility index (Phi) is 21.8. The Hall–Kier alpha value is -17.1. The van der Waals surface area contributed by atoms with E-state index in [4.69, 9.17) is 29.1 Å². The first-order valence-electron chi connectivity index (χ1n) is 37.8. The van der Waals surface area contributed by atoms with E-state index in [9.17, 15) is 71.9 Å². The van der Waals surface area contributed by atoms with Gasteiger partial charge in [-0.15, -0.1) is 0 Å². The highest BCUT2D eigenvalue weighted by atomic mass is 16.5. The lowest BCUT2D eigenvalue weighted by atomic mass is 9.94. The van der Waals surface area contributed by atoms with Crippen molar-refractivity contribution >= 4 is 106 Å². The Morgan fingerprint density at radius 2 is 0.847 bits per heavy atom. The van der Waals surface area contributed by atoms with Crippen molar-refractivity contribution in [3.8, 4) is 70.4 Å². The summed E-state index contributed by atoms with van der Waals surface area (Å²) in [5.41, 5.74) is 8.70. The lowest BCUT2D eigenvalue weighted by Gasteiger charge is -2.33. The number of oxazole rings is 1. The molecule has 12 heterocycles. The second-order valence-electron chi connectivity index (χ2n) is 29.2. The number of aromatic amines is 1. The summed E-state index contributed by atoms with van der Waals surface area (Å²) in [5.74, 6) is 19.5. The van der Waals surface area contributed by atoms with Gasteiger partial charge in [0.25, 0.3) is 58.9 Å². The lowest BCUT2D eigenvalue weighted by molar-refractivity contribution is -0.123. The first kappa shape index (κ1) is 82.0. The predicted molar refractivity (Wildman–Crippen MR) is 435 cm³/mol. The van der Waals surface area contributed by atoms with E-state index in [0.717, 1.165) is 27.9 Å². The standard InChI is InChI=1S/C23H16N4O6.C22H16N4O6.C21H19N5O4.C21H18N4O4/c1-33-14-4-3-13-10-27(20(30)15(13)9-14)11-23(21(31)25-22(32)26-23)7-6-12-2-5-17-16(8-12)18(28)19(29)24-17;1-31-14-4-3-13-10-26(18(27)15(13)9-14)11-22(19(28)24-20(29)25-22)7-6-12-2-5-17-16(8-12)23-21(30)32-17;1-12-3-4-13(17(22)23-12)7-8-21(19(28)24-20(29)25-21)11-26-10-14-5-6-15(30-2)9-16(14)18(26)27;1-29-16-5-4-15-7-10-25(18(26)17(15)11-16)13-21(19(27)23-20(28)24-21)8-6-14-3-2-9-22-12-14/h2-5,8-9H,10-11H2,1H3,(H,24,28,29)(H2,25,26,31,32);2-5,8-9H,10-11H2,1H3,(H,23,30)(H2,24,25,28,29);3-6,9H,10-11H2,1-2H3,(H2,22,23)(H2,24,25,28,29);2-5,9,11-12H,7,10,13H2,1H3,(H2,23,24,27,28)/t23-;22-;21-;/m111./s1. The molecule has 6 aromatic carbocycles. The number of methoxy groups -OCH3 is 4. The molecule has 0 saturated carbocycles. The Balaban J connectivity index is 0.000000128. The van der Waals surface area contributed by atoms with E-state index in [0.29, 0.717) is 104 Å². The maximum absolute atomic E-state index is 13.0. The number of aromatic nitrogens is 3. The number of hydrogen-bond donors (Lipinski definition) is 11. The first-order valence-corrected chi connectivity index (χ1v) is 37.8. The van der Waals surface area contributed by atoms with Crippen LogP contribution in [0.5, 0.6) is 23.0 Å². The number of nitrogens with one attached hydrogen (secondary N) is 10. The molecule has 9 aromatic rings. The summed E-state index contributed by atoms with van der Waals surface area (Å²) in [6.45, 7) is 2.51. The van der Waals surface area contributed by atoms with Gasteiger partial charge in [0.15, 0.2) is 5.58 Å². The van der Waals surface area contributed by atoms with E-state index in [1.807, 2.05) is 12.1 Å². The van der Waals surface area contributed by atoms with Crippen LogP contribution in [0.1, 0.15) is 102 Å². The third-order valence-electron chi connectivity index (χ3n) is 21.1. The van der Waals surface area contributed by atoms with Crippen LogP contribution in [0.15, 0.2) is 155 Å². The molecule has 9 aliphatic heterocycles. The molecule has 37 nitrogen and oxygen atoms in total.